The highest BCUT2D eigenvalue weighted by Gasteiger charge is 1.96. The van der Waals surface area contributed by atoms with Gasteiger partial charge in [-0.15, -0.1) is 11.3 Å². The predicted octanol–water partition coefficient (Wildman–Crippen LogP) is 3.15. The second kappa shape index (κ2) is 5.51. The first kappa shape index (κ1) is 11.0. The smallest absolute Gasteiger partial charge is 0.119 e. The molecule has 0 bridgehead atoms. The Bertz CT molecular complexity index is 411. The molecule has 0 aliphatic carbocycles. The molecule has 0 saturated carbocycles. The average Bonchev–Trinajstić information content (AvgIpc) is 2.82. The highest BCUT2D eigenvalue weighted by atomic mass is 32.1. The Hall–Kier alpha value is -1.55. The van der Waals surface area contributed by atoms with Gasteiger partial charge < -0.3 is 10.1 Å². The van der Waals surface area contributed by atoms with Crippen LogP contribution in [0.5, 0.6) is 5.75 Å². The SMILES string of the molecule is CCOc1ccc(NCc2cncs2)cc1. The molecule has 2 aromatic rings. The van der Waals surface area contributed by atoms with Crippen LogP contribution in [0.25, 0.3) is 0 Å². The highest BCUT2D eigenvalue weighted by Crippen LogP contribution is 2.16. The van der Waals surface area contributed by atoms with E-state index in [0.717, 1.165) is 18.0 Å². The minimum Gasteiger partial charge on any atom is -0.494 e. The van der Waals surface area contributed by atoms with Crippen LogP contribution in [-0.4, -0.2) is 11.6 Å². The highest BCUT2D eigenvalue weighted by molar-refractivity contribution is 7.09. The molecule has 16 heavy (non-hydrogen) atoms. The van der Waals surface area contributed by atoms with Crippen molar-refractivity contribution in [1.82, 2.24) is 4.98 Å². The van der Waals surface area contributed by atoms with E-state index in [-0.39, 0.29) is 0 Å². The summed E-state index contributed by atoms with van der Waals surface area (Å²) in [5.74, 6) is 0.908. The third kappa shape index (κ3) is 2.97. The summed E-state index contributed by atoms with van der Waals surface area (Å²) in [7, 11) is 0. The monoisotopic (exact) mass is 234 g/mol. The van der Waals surface area contributed by atoms with Gasteiger partial charge in [-0.25, -0.2) is 0 Å². The maximum Gasteiger partial charge on any atom is 0.119 e. The van der Waals surface area contributed by atoms with E-state index in [9.17, 15) is 0 Å². The van der Waals surface area contributed by atoms with Crippen molar-refractivity contribution in [1.29, 1.82) is 0 Å². The number of nitrogens with one attached hydrogen (secondary N) is 1. The largest absolute Gasteiger partial charge is 0.494 e. The summed E-state index contributed by atoms with van der Waals surface area (Å²) in [5.41, 5.74) is 2.94. The lowest BCUT2D eigenvalue weighted by atomic mass is 10.3. The summed E-state index contributed by atoms with van der Waals surface area (Å²) in [6.07, 6.45) is 1.88. The first-order valence-electron chi connectivity index (χ1n) is 5.22. The standard InChI is InChI=1S/C12H14N2OS/c1-2-15-11-5-3-10(4-6-11)14-8-12-7-13-9-16-12/h3-7,9,14H,2,8H2,1H3. The maximum absolute atomic E-state index is 5.38. The lowest BCUT2D eigenvalue weighted by Gasteiger charge is -2.06. The lowest BCUT2D eigenvalue weighted by molar-refractivity contribution is 0.340. The van der Waals surface area contributed by atoms with Gasteiger partial charge in [-0.2, -0.15) is 0 Å². The lowest BCUT2D eigenvalue weighted by Crippen LogP contribution is -1.97. The van der Waals surface area contributed by atoms with Gasteiger partial charge in [0, 0.05) is 16.8 Å². The number of benzene rings is 1. The molecular weight excluding hydrogens is 220 g/mol. The van der Waals surface area contributed by atoms with Crippen LogP contribution in [0.4, 0.5) is 5.69 Å². The summed E-state index contributed by atoms with van der Waals surface area (Å²) < 4.78 is 5.38. The molecule has 4 heteroatoms. The average molecular weight is 234 g/mol. The van der Waals surface area contributed by atoms with Crippen molar-refractivity contribution in [2.24, 2.45) is 0 Å². The fraction of sp³-hybridized carbons (Fsp3) is 0.250. The number of nitrogens with zero attached hydrogens (tertiary/aromatic N) is 1. The summed E-state index contributed by atoms with van der Waals surface area (Å²) in [6.45, 7) is 3.50. The van der Waals surface area contributed by atoms with Gasteiger partial charge in [-0.05, 0) is 31.2 Å². The summed E-state index contributed by atoms with van der Waals surface area (Å²) in [4.78, 5) is 5.26. The van der Waals surface area contributed by atoms with Crippen LogP contribution in [-0.2, 0) is 6.54 Å². The van der Waals surface area contributed by atoms with E-state index in [2.05, 4.69) is 10.3 Å². The van der Waals surface area contributed by atoms with Crippen molar-refractivity contribution in [2.75, 3.05) is 11.9 Å². The van der Waals surface area contributed by atoms with E-state index in [1.54, 1.807) is 11.3 Å². The first-order chi connectivity index (χ1) is 7.88. The topological polar surface area (TPSA) is 34.1 Å². The quantitative estimate of drug-likeness (QED) is 0.863. The van der Waals surface area contributed by atoms with E-state index in [1.807, 2.05) is 42.9 Å². The van der Waals surface area contributed by atoms with Crippen molar-refractivity contribution >= 4 is 17.0 Å². The zero-order valence-corrected chi connectivity index (χ0v) is 9.96. The number of aromatic nitrogens is 1. The fourth-order valence-electron chi connectivity index (χ4n) is 1.35. The van der Waals surface area contributed by atoms with Crippen LogP contribution in [0.2, 0.25) is 0 Å². The molecule has 0 saturated heterocycles. The van der Waals surface area contributed by atoms with Gasteiger partial charge in [-0.3, -0.25) is 4.98 Å². The molecule has 0 atom stereocenters. The van der Waals surface area contributed by atoms with Crippen molar-refractivity contribution < 1.29 is 4.74 Å². The minimum absolute atomic E-state index is 0.702. The number of thiazole rings is 1. The first-order valence-corrected chi connectivity index (χ1v) is 6.10. The molecule has 3 nitrogen and oxygen atoms in total. The fourth-order valence-corrected chi connectivity index (χ4v) is 1.89. The molecule has 0 aliphatic rings. The van der Waals surface area contributed by atoms with Gasteiger partial charge in [0.1, 0.15) is 5.75 Å². The second-order valence-corrected chi connectivity index (χ2v) is 4.25. The molecule has 0 spiro atoms. The Balaban J connectivity index is 1.90. The van der Waals surface area contributed by atoms with Gasteiger partial charge in [0.2, 0.25) is 0 Å². The number of anilines is 1. The molecule has 0 radical (unpaired) electrons. The van der Waals surface area contributed by atoms with Gasteiger partial charge >= 0.3 is 0 Å². The zero-order chi connectivity index (χ0) is 11.2. The molecule has 0 fully saturated rings. The Morgan fingerprint density at radius 1 is 1.31 bits per heavy atom. The van der Waals surface area contributed by atoms with Crippen molar-refractivity contribution in [3.05, 3.63) is 40.8 Å². The van der Waals surface area contributed by atoms with Gasteiger partial charge in [0.15, 0.2) is 0 Å². The Morgan fingerprint density at radius 3 is 2.75 bits per heavy atom. The van der Waals surface area contributed by atoms with E-state index in [1.165, 1.54) is 4.88 Å². The van der Waals surface area contributed by atoms with Crippen LogP contribution in [0.1, 0.15) is 11.8 Å². The Kier molecular flexibility index (Phi) is 3.77. The molecule has 84 valence electrons. The van der Waals surface area contributed by atoms with E-state index >= 15 is 0 Å². The summed E-state index contributed by atoms with van der Waals surface area (Å²) >= 11 is 1.66. The summed E-state index contributed by atoms with van der Waals surface area (Å²) in [6, 6.07) is 7.98. The third-order valence-electron chi connectivity index (χ3n) is 2.12. The number of hydrogen-bond donors (Lipinski definition) is 1. The van der Waals surface area contributed by atoms with E-state index < -0.39 is 0 Å². The van der Waals surface area contributed by atoms with Crippen molar-refractivity contribution in [2.45, 2.75) is 13.5 Å². The molecule has 2 rings (SSSR count). The zero-order valence-electron chi connectivity index (χ0n) is 9.14. The third-order valence-corrected chi connectivity index (χ3v) is 2.90. The van der Waals surface area contributed by atoms with E-state index in [0.29, 0.717) is 6.61 Å². The van der Waals surface area contributed by atoms with Gasteiger partial charge in [0.05, 0.1) is 18.7 Å². The number of hydrogen-bond acceptors (Lipinski definition) is 4. The summed E-state index contributed by atoms with van der Waals surface area (Å²) in [5, 5.41) is 3.33. The van der Waals surface area contributed by atoms with Crippen LogP contribution in [0.3, 0.4) is 0 Å². The van der Waals surface area contributed by atoms with Crippen LogP contribution >= 0.6 is 11.3 Å². The number of rotatable bonds is 5. The second-order valence-electron chi connectivity index (χ2n) is 3.28. The van der Waals surface area contributed by atoms with Crippen molar-refractivity contribution in [3.8, 4) is 5.75 Å². The molecule has 1 heterocycles. The van der Waals surface area contributed by atoms with Crippen LogP contribution in [0.15, 0.2) is 36.0 Å². The molecular formula is C12H14N2OS. The van der Waals surface area contributed by atoms with Crippen molar-refractivity contribution in [3.63, 3.8) is 0 Å². The molecule has 1 aromatic heterocycles. The van der Waals surface area contributed by atoms with Gasteiger partial charge in [-0.1, -0.05) is 0 Å². The maximum atomic E-state index is 5.38. The normalized spacial score (nSPS) is 10.1. The van der Waals surface area contributed by atoms with Crippen LogP contribution in [0, 0.1) is 0 Å². The Morgan fingerprint density at radius 2 is 2.12 bits per heavy atom. The molecule has 1 N–H and O–H groups in total. The molecule has 0 unspecified atom stereocenters. The van der Waals surface area contributed by atoms with Crippen LogP contribution < -0.4 is 10.1 Å². The minimum atomic E-state index is 0.702. The molecule has 1 aromatic carbocycles. The van der Waals surface area contributed by atoms with E-state index in [4.69, 9.17) is 4.74 Å². The Labute approximate surface area is 99.1 Å². The predicted molar refractivity (Wildman–Crippen MR) is 67.1 cm³/mol. The van der Waals surface area contributed by atoms with Gasteiger partial charge in [0.25, 0.3) is 0 Å². The number of ether oxygens (including phenoxy) is 1. The molecule has 0 amide bonds. The molecule has 0 aliphatic heterocycles.